The number of methoxy groups -OCH3 is 3. The van der Waals surface area contributed by atoms with E-state index in [4.69, 9.17) is 27.8 Å². The summed E-state index contributed by atoms with van der Waals surface area (Å²) in [5.41, 5.74) is 7.13. The van der Waals surface area contributed by atoms with Crippen LogP contribution in [0.2, 0.25) is 0 Å². The van der Waals surface area contributed by atoms with Crippen LogP contribution in [0.15, 0.2) is 123 Å². The van der Waals surface area contributed by atoms with Crippen molar-refractivity contribution >= 4 is 0 Å². The fourth-order valence-corrected chi connectivity index (χ4v) is 4.98. The van der Waals surface area contributed by atoms with Gasteiger partial charge in [-0.3, -0.25) is 0 Å². The average molecular weight is 598 g/mol. The molecule has 45 heavy (non-hydrogen) atoms. The van der Waals surface area contributed by atoms with Gasteiger partial charge in [-0.1, -0.05) is 15.5 Å². The molecule has 0 unspecified atom stereocenters. The minimum absolute atomic E-state index is 0.578. The van der Waals surface area contributed by atoms with Gasteiger partial charge in [0.05, 0.1) is 21.3 Å². The van der Waals surface area contributed by atoms with Crippen LogP contribution >= 0.6 is 0 Å². The van der Waals surface area contributed by atoms with Gasteiger partial charge in [0.2, 0.25) is 0 Å². The highest BCUT2D eigenvalue weighted by Gasteiger charge is 2.18. The van der Waals surface area contributed by atoms with Gasteiger partial charge in [-0.2, -0.15) is 0 Å². The molecular formula is C36H27N3O6. The lowest BCUT2D eigenvalue weighted by atomic mass is 9.99. The lowest BCUT2D eigenvalue weighted by Crippen LogP contribution is -1.84. The summed E-state index contributed by atoms with van der Waals surface area (Å²) in [6, 6.07) is 34.6. The Kier molecular flexibility index (Phi) is 7.33. The van der Waals surface area contributed by atoms with Gasteiger partial charge in [0.15, 0.2) is 17.3 Å². The van der Waals surface area contributed by atoms with Crippen molar-refractivity contribution in [2.24, 2.45) is 0 Å². The zero-order valence-corrected chi connectivity index (χ0v) is 24.7. The molecule has 0 N–H and O–H groups in total. The Labute approximate surface area is 258 Å². The molecule has 0 aliphatic carbocycles. The van der Waals surface area contributed by atoms with Gasteiger partial charge in [-0.05, 0) is 91.0 Å². The Morgan fingerprint density at radius 1 is 0.356 bits per heavy atom. The van der Waals surface area contributed by atoms with Gasteiger partial charge in [-0.15, -0.1) is 0 Å². The van der Waals surface area contributed by atoms with Crippen molar-refractivity contribution in [2.45, 2.75) is 0 Å². The van der Waals surface area contributed by atoms with Crippen LogP contribution in [0.1, 0.15) is 0 Å². The van der Waals surface area contributed by atoms with E-state index >= 15 is 0 Å². The molecule has 7 rings (SSSR count). The normalized spacial score (nSPS) is 11.0. The molecule has 0 saturated carbocycles. The summed E-state index contributed by atoms with van der Waals surface area (Å²) in [6.07, 6.45) is 0. The van der Waals surface area contributed by atoms with E-state index in [1.807, 2.05) is 109 Å². The maximum Gasteiger partial charge on any atom is 0.167 e. The number of aromatic nitrogens is 3. The predicted molar refractivity (Wildman–Crippen MR) is 169 cm³/mol. The molecule has 4 aromatic carbocycles. The molecule has 0 aliphatic heterocycles. The van der Waals surface area contributed by atoms with Crippen LogP contribution in [0.5, 0.6) is 17.2 Å². The van der Waals surface area contributed by atoms with Crippen molar-refractivity contribution in [1.29, 1.82) is 0 Å². The molecule has 0 atom stereocenters. The van der Waals surface area contributed by atoms with E-state index in [2.05, 4.69) is 15.5 Å². The molecule has 9 heteroatoms. The quantitative estimate of drug-likeness (QED) is 0.162. The highest BCUT2D eigenvalue weighted by molar-refractivity contribution is 5.80. The lowest BCUT2D eigenvalue weighted by Gasteiger charge is -2.04. The third-order valence-corrected chi connectivity index (χ3v) is 7.47. The molecule has 0 radical (unpaired) electrons. The van der Waals surface area contributed by atoms with Crippen molar-refractivity contribution in [2.75, 3.05) is 21.3 Å². The number of hydrogen-bond donors (Lipinski definition) is 0. The minimum atomic E-state index is 0.578. The first-order valence-electron chi connectivity index (χ1n) is 14.1. The SMILES string of the molecule is COc1ccc(-c2cc(-c3cc(-c4cc(-c5ccc(OC)cc5)no4)cc(-c4cc(-c5ccc(OC)cc5)no4)c3)on2)cc1. The Morgan fingerprint density at radius 3 is 0.867 bits per heavy atom. The van der Waals surface area contributed by atoms with Gasteiger partial charge in [0.1, 0.15) is 34.3 Å². The molecule has 7 aromatic rings. The number of hydrogen-bond acceptors (Lipinski definition) is 9. The Balaban J connectivity index is 1.28. The van der Waals surface area contributed by atoms with E-state index in [0.29, 0.717) is 34.4 Å². The van der Waals surface area contributed by atoms with Crippen molar-refractivity contribution in [1.82, 2.24) is 15.5 Å². The van der Waals surface area contributed by atoms with Gasteiger partial charge in [0.25, 0.3) is 0 Å². The topological polar surface area (TPSA) is 106 Å². The lowest BCUT2D eigenvalue weighted by molar-refractivity contribution is 0.414. The van der Waals surface area contributed by atoms with Crippen molar-refractivity contribution in [3.05, 3.63) is 109 Å². The summed E-state index contributed by atoms with van der Waals surface area (Å²) in [6.45, 7) is 0. The molecule has 222 valence electrons. The maximum atomic E-state index is 5.84. The second kappa shape index (κ2) is 11.9. The smallest absolute Gasteiger partial charge is 0.167 e. The Hall–Kier alpha value is -6.09. The fraction of sp³-hybridized carbons (Fsp3) is 0.0833. The monoisotopic (exact) mass is 597 g/mol. The van der Waals surface area contributed by atoms with Gasteiger partial charge < -0.3 is 27.8 Å². The first kappa shape index (κ1) is 27.7. The Bertz CT molecular complexity index is 1810. The summed E-state index contributed by atoms with van der Waals surface area (Å²) >= 11 is 0. The van der Waals surface area contributed by atoms with E-state index in [1.165, 1.54) is 0 Å². The van der Waals surface area contributed by atoms with Crippen LogP contribution in [-0.2, 0) is 0 Å². The molecular weight excluding hydrogens is 570 g/mol. The molecule has 3 aromatic heterocycles. The third kappa shape index (κ3) is 5.66. The first-order chi connectivity index (χ1) is 22.1. The van der Waals surface area contributed by atoms with Gasteiger partial charge >= 0.3 is 0 Å². The molecule has 0 fully saturated rings. The highest BCUT2D eigenvalue weighted by Crippen LogP contribution is 2.37. The third-order valence-electron chi connectivity index (χ3n) is 7.47. The summed E-state index contributed by atoms with van der Waals surface area (Å²) in [5, 5.41) is 13.0. The fourth-order valence-electron chi connectivity index (χ4n) is 4.98. The van der Waals surface area contributed by atoms with Crippen molar-refractivity contribution < 1.29 is 27.8 Å². The minimum Gasteiger partial charge on any atom is -0.497 e. The molecule has 0 aliphatic rings. The van der Waals surface area contributed by atoms with E-state index in [1.54, 1.807) is 21.3 Å². The van der Waals surface area contributed by atoms with Crippen LogP contribution in [0.25, 0.3) is 67.7 Å². The zero-order valence-electron chi connectivity index (χ0n) is 24.7. The van der Waals surface area contributed by atoms with Crippen molar-refractivity contribution in [3.63, 3.8) is 0 Å². The summed E-state index contributed by atoms with van der Waals surface area (Å²) in [7, 11) is 4.91. The van der Waals surface area contributed by atoms with Gasteiger partial charge in [0, 0.05) is 51.6 Å². The van der Waals surface area contributed by atoms with E-state index in [0.717, 1.165) is 50.6 Å². The van der Waals surface area contributed by atoms with Crippen LogP contribution < -0.4 is 14.2 Å². The number of rotatable bonds is 9. The van der Waals surface area contributed by atoms with E-state index in [9.17, 15) is 0 Å². The zero-order chi connectivity index (χ0) is 30.8. The highest BCUT2D eigenvalue weighted by atomic mass is 16.5. The van der Waals surface area contributed by atoms with E-state index < -0.39 is 0 Å². The molecule has 3 heterocycles. The predicted octanol–water partition coefficient (Wildman–Crippen LogP) is 8.68. The molecule has 0 bridgehead atoms. The number of ether oxygens (including phenoxy) is 3. The second-order valence-electron chi connectivity index (χ2n) is 10.2. The van der Waals surface area contributed by atoms with Crippen LogP contribution in [0.4, 0.5) is 0 Å². The molecule has 0 saturated heterocycles. The maximum absolute atomic E-state index is 5.84. The second-order valence-corrected chi connectivity index (χ2v) is 10.2. The van der Waals surface area contributed by atoms with Gasteiger partial charge in [-0.25, -0.2) is 0 Å². The standard InChI is InChI=1S/C36H27N3O6/c1-40-28-10-4-22(5-11-28)31-19-34(43-37-31)25-16-26(35-20-32(38-44-35)23-6-12-29(41-2)13-7-23)18-27(17-25)36-21-33(39-45-36)24-8-14-30(42-3)15-9-24/h4-21H,1-3H3. The average Bonchev–Trinajstić information content (AvgIpc) is 3.90. The molecule has 0 spiro atoms. The Morgan fingerprint density at radius 2 is 0.622 bits per heavy atom. The van der Waals surface area contributed by atoms with Crippen LogP contribution in [-0.4, -0.2) is 36.8 Å². The van der Waals surface area contributed by atoms with E-state index in [-0.39, 0.29) is 0 Å². The number of nitrogens with zero attached hydrogens (tertiary/aromatic N) is 3. The van der Waals surface area contributed by atoms with Crippen LogP contribution in [0, 0.1) is 0 Å². The summed E-state index contributed by atoms with van der Waals surface area (Å²) in [4.78, 5) is 0. The van der Waals surface area contributed by atoms with Crippen molar-refractivity contribution in [3.8, 4) is 85.0 Å². The summed E-state index contributed by atoms with van der Waals surface area (Å²) in [5.74, 6) is 4.03. The number of benzene rings is 4. The molecule has 0 amide bonds. The summed E-state index contributed by atoms with van der Waals surface area (Å²) < 4.78 is 33.4. The largest absolute Gasteiger partial charge is 0.497 e. The first-order valence-corrected chi connectivity index (χ1v) is 14.1. The van der Waals surface area contributed by atoms with Crippen LogP contribution in [0.3, 0.4) is 0 Å². The molecule has 9 nitrogen and oxygen atoms in total.